The molecule has 0 aliphatic carbocycles. The van der Waals surface area contributed by atoms with Crippen LogP contribution in [-0.2, 0) is 6.54 Å². The predicted molar refractivity (Wildman–Crippen MR) is 118 cm³/mol. The van der Waals surface area contributed by atoms with E-state index in [-0.39, 0.29) is 0 Å². The number of halogens is 1. The summed E-state index contributed by atoms with van der Waals surface area (Å²) in [6.45, 7) is 4.41. The van der Waals surface area contributed by atoms with Crippen LogP contribution in [-0.4, -0.2) is 46.0 Å². The third kappa shape index (κ3) is 3.57. The van der Waals surface area contributed by atoms with Crippen molar-refractivity contribution in [1.29, 1.82) is 0 Å². The average Bonchev–Trinajstić information content (AvgIpc) is 2.74. The number of benzene rings is 2. The normalized spacial score (nSPS) is 15.3. The number of hydrogen-bond acceptors (Lipinski definition) is 6. The Morgan fingerprint density at radius 2 is 1.72 bits per heavy atom. The molecule has 5 rings (SSSR count). The molecule has 3 heterocycles. The summed E-state index contributed by atoms with van der Waals surface area (Å²) in [5.41, 5.74) is 9.18. The molecule has 1 saturated heterocycles. The zero-order valence-corrected chi connectivity index (χ0v) is 16.7. The Bertz CT molecular complexity index is 1190. The molecule has 1 fully saturated rings. The number of fused-ring (bicyclic) bond motifs is 2. The van der Waals surface area contributed by atoms with E-state index in [1.165, 1.54) is 5.69 Å². The summed E-state index contributed by atoms with van der Waals surface area (Å²) >= 11 is 6.22. The van der Waals surface area contributed by atoms with E-state index in [0.717, 1.165) is 58.8 Å². The predicted octanol–water partition coefficient (Wildman–Crippen LogP) is 3.74. The molecule has 2 N–H and O–H groups in total. The van der Waals surface area contributed by atoms with Gasteiger partial charge in [0.1, 0.15) is 11.6 Å². The van der Waals surface area contributed by atoms with Crippen LogP contribution in [0.15, 0.2) is 54.7 Å². The topological polar surface area (TPSA) is 71.2 Å². The molecule has 1 aliphatic rings. The molecule has 2 aromatic carbocycles. The highest BCUT2D eigenvalue weighted by Crippen LogP contribution is 2.28. The van der Waals surface area contributed by atoms with Crippen molar-refractivity contribution in [3.8, 4) is 0 Å². The summed E-state index contributed by atoms with van der Waals surface area (Å²) in [4.78, 5) is 18.4. The molecule has 146 valence electrons. The minimum Gasteiger partial charge on any atom is -0.383 e. The van der Waals surface area contributed by atoms with E-state index < -0.39 is 0 Å². The molecule has 1 aliphatic heterocycles. The fraction of sp³-hybridized carbons (Fsp3) is 0.227. The van der Waals surface area contributed by atoms with Gasteiger partial charge in [-0.1, -0.05) is 23.7 Å². The molecule has 0 spiro atoms. The van der Waals surface area contributed by atoms with Crippen molar-refractivity contribution in [2.75, 3.05) is 36.8 Å². The second-order valence-corrected chi connectivity index (χ2v) is 7.73. The van der Waals surface area contributed by atoms with Crippen LogP contribution >= 0.6 is 11.6 Å². The lowest BCUT2D eigenvalue weighted by atomic mass is 10.1. The molecule has 2 aromatic heterocycles. The Hall–Kier alpha value is -2.96. The van der Waals surface area contributed by atoms with Crippen LogP contribution < -0.4 is 10.6 Å². The van der Waals surface area contributed by atoms with Gasteiger partial charge in [-0.05, 0) is 36.4 Å². The van der Waals surface area contributed by atoms with E-state index in [1.807, 2.05) is 48.7 Å². The molecule has 7 heteroatoms. The third-order valence-corrected chi connectivity index (χ3v) is 5.67. The summed E-state index contributed by atoms with van der Waals surface area (Å²) in [5.74, 6) is 1.32. The van der Waals surface area contributed by atoms with Crippen LogP contribution in [0.25, 0.3) is 21.8 Å². The monoisotopic (exact) mass is 404 g/mol. The molecule has 0 atom stereocenters. The third-order valence-electron chi connectivity index (χ3n) is 5.44. The van der Waals surface area contributed by atoms with Gasteiger partial charge in [-0.25, -0.2) is 9.97 Å². The number of hydrogen-bond donors (Lipinski definition) is 1. The van der Waals surface area contributed by atoms with Crippen molar-refractivity contribution in [2.45, 2.75) is 6.54 Å². The number of para-hydroxylation sites is 1. The standard InChI is InChI=1S/C22H21ClN6/c23-15-5-6-18-17(13-15)20(7-8-25-18)29-11-9-28(10-12-29)14-21-26-19-4-2-1-3-16(19)22(24)27-21/h1-8,13H,9-12,14H2,(H2,24,26,27). The lowest BCUT2D eigenvalue weighted by molar-refractivity contribution is 0.244. The van der Waals surface area contributed by atoms with E-state index in [4.69, 9.17) is 17.3 Å². The molecule has 0 radical (unpaired) electrons. The maximum Gasteiger partial charge on any atom is 0.145 e. The SMILES string of the molecule is Nc1nc(CN2CCN(c3ccnc4ccc(Cl)cc34)CC2)nc2ccccc12. The van der Waals surface area contributed by atoms with Gasteiger partial charge in [0.2, 0.25) is 0 Å². The first-order valence-electron chi connectivity index (χ1n) is 9.70. The van der Waals surface area contributed by atoms with Gasteiger partial charge in [-0.3, -0.25) is 9.88 Å². The number of piperazine rings is 1. The number of nitrogens with zero attached hydrogens (tertiary/aromatic N) is 5. The Kier molecular flexibility index (Phi) is 4.66. The molecule has 0 amide bonds. The zero-order valence-electron chi connectivity index (χ0n) is 15.9. The van der Waals surface area contributed by atoms with Crippen molar-refractivity contribution >= 4 is 44.9 Å². The smallest absolute Gasteiger partial charge is 0.145 e. The lowest BCUT2D eigenvalue weighted by Crippen LogP contribution is -2.46. The van der Waals surface area contributed by atoms with Gasteiger partial charge < -0.3 is 10.6 Å². The summed E-state index contributed by atoms with van der Waals surface area (Å²) < 4.78 is 0. The molecular weight excluding hydrogens is 384 g/mol. The minimum atomic E-state index is 0.546. The van der Waals surface area contributed by atoms with Crippen molar-refractivity contribution in [3.05, 3.63) is 65.6 Å². The van der Waals surface area contributed by atoms with Crippen molar-refractivity contribution in [2.24, 2.45) is 0 Å². The van der Waals surface area contributed by atoms with E-state index in [9.17, 15) is 0 Å². The Labute approximate surface area is 173 Å². The van der Waals surface area contributed by atoms with Crippen molar-refractivity contribution in [1.82, 2.24) is 19.9 Å². The highest BCUT2D eigenvalue weighted by molar-refractivity contribution is 6.31. The molecule has 0 bridgehead atoms. The zero-order chi connectivity index (χ0) is 19.8. The summed E-state index contributed by atoms with van der Waals surface area (Å²) in [6, 6.07) is 15.8. The van der Waals surface area contributed by atoms with Crippen molar-refractivity contribution in [3.63, 3.8) is 0 Å². The Balaban J connectivity index is 1.32. The van der Waals surface area contributed by atoms with Gasteiger partial charge in [-0.15, -0.1) is 0 Å². The van der Waals surface area contributed by atoms with Crippen LogP contribution in [0.2, 0.25) is 5.02 Å². The Morgan fingerprint density at radius 1 is 0.897 bits per heavy atom. The molecule has 29 heavy (non-hydrogen) atoms. The van der Waals surface area contributed by atoms with E-state index >= 15 is 0 Å². The average molecular weight is 405 g/mol. The molecule has 6 nitrogen and oxygen atoms in total. The summed E-state index contributed by atoms with van der Waals surface area (Å²) in [6.07, 6.45) is 1.86. The van der Waals surface area contributed by atoms with Gasteiger partial charge >= 0.3 is 0 Å². The summed E-state index contributed by atoms with van der Waals surface area (Å²) in [7, 11) is 0. The fourth-order valence-electron chi connectivity index (χ4n) is 3.95. The number of pyridine rings is 1. The van der Waals surface area contributed by atoms with Gasteiger partial charge in [0, 0.05) is 53.9 Å². The van der Waals surface area contributed by atoms with E-state index in [0.29, 0.717) is 12.4 Å². The van der Waals surface area contributed by atoms with Gasteiger partial charge in [0.05, 0.1) is 17.6 Å². The highest BCUT2D eigenvalue weighted by atomic mass is 35.5. The highest BCUT2D eigenvalue weighted by Gasteiger charge is 2.20. The molecular formula is C22H21ClN6. The first-order valence-corrected chi connectivity index (χ1v) is 10.1. The number of rotatable bonds is 3. The molecule has 4 aromatic rings. The molecule has 0 unspecified atom stereocenters. The first-order chi connectivity index (χ1) is 14.2. The quantitative estimate of drug-likeness (QED) is 0.561. The van der Waals surface area contributed by atoms with Crippen LogP contribution in [0.1, 0.15) is 5.82 Å². The van der Waals surface area contributed by atoms with E-state index in [1.54, 1.807) is 0 Å². The van der Waals surface area contributed by atoms with Gasteiger partial charge in [0.25, 0.3) is 0 Å². The van der Waals surface area contributed by atoms with Crippen LogP contribution in [0, 0.1) is 0 Å². The fourth-order valence-corrected chi connectivity index (χ4v) is 4.12. The van der Waals surface area contributed by atoms with Crippen LogP contribution in [0.3, 0.4) is 0 Å². The van der Waals surface area contributed by atoms with Crippen LogP contribution in [0.5, 0.6) is 0 Å². The van der Waals surface area contributed by atoms with Gasteiger partial charge in [-0.2, -0.15) is 0 Å². The lowest BCUT2D eigenvalue weighted by Gasteiger charge is -2.36. The minimum absolute atomic E-state index is 0.546. The second kappa shape index (κ2) is 7.46. The van der Waals surface area contributed by atoms with Crippen molar-refractivity contribution < 1.29 is 0 Å². The summed E-state index contributed by atoms with van der Waals surface area (Å²) in [5, 5.41) is 2.74. The number of anilines is 2. The second-order valence-electron chi connectivity index (χ2n) is 7.30. The largest absolute Gasteiger partial charge is 0.383 e. The maximum absolute atomic E-state index is 6.22. The molecule has 0 saturated carbocycles. The number of nitrogens with two attached hydrogens (primary N) is 1. The maximum atomic E-state index is 6.22. The number of aromatic nitrogens is 3. The van der Waals surface area contributed by atoms with Gasteiger partial charge in [0.15, 0.2) is 0 Å². The Morgan fingerprint density at radius 3 is 2.59 bits per heavy atom. The van der Waals surface area contributed by atoms with Crippen LogP contribution in [0.4, 0.5) is 11.5 Å². The number of nitrogen functional groups attached to an aromatic ring is 1. The van der Waals surface area contributed by atoms with E-state index in [2.05, 4.69) is 30.8 Å². The first kappa shape index (κ1) is 18.1.